The van der Waals surface area contributed by atoms with Gasteiger partial charge in [-0.25, -0.2) is 4.79 Å². The van der Waals surface area contributed by atoms with Crippen molar-refractivity contribution in [3.8, 4) is 0 Å². The molecule has 1 fully saturated rings. The Balaban J connectivity index is 2.38. The quantitative estimate of drug-likeness (QED) is 0.694. The number of carbonyl (C=O) groups is 1. The van der Waals surface area contributed by atoms with E-state index in [1.54, 1.807) is 7.11 Å². The topological polar surface area (TPSA) is 53.0 Å². The molecule has 5 nitrogen and oxygen atoms in total. The molecule has 5 heteroatoms. The molecule has 1 N–H and O–H groups in total. The van der Waals surface area contributed by atoms with Crippen molar-refractivity contribution < 1.29 is 14.7 Å². The lowest BCUT2D eigenvalue weighted by molar-refractivity contribution is -0.166. The fourth-order valence-corrected chi connectivity index (χ4v) is 1.88. The standard InChI is InChI=1S/C9H18N2O3/c1-3-11(14-2)8-4-6-10(7-5-8)9(12)13/h8H,3-7H2,1-2H3,(H,12,13). The molecule has 0 unspecified atom stereocenters. The lowest BCUT2D eigenvalue weighted by atomic mass is 10.1. The summed E-state index contributed by atoms with van der Waals surface area (Å²) in [6.07, 6.45) is 0.894. The molecule has 0 bridgehead atoms. The van der Waals surface area contributed by atoms with Crippen molar-refractivity contribution in [1.29, 1.82) is 0 Å². The third kappa shape index (κ3) is 2.59. The molecule has 1 saturated heterocycles. The Morgan fingerprint density at radius 1 is 1.57 bits per heavy atom. The van der Waals surface area contributed by atoms with E-state index in [1.165, 1.54) is 4.90 Å². The fourth-order valence-electron chi connectivity index (χ4n) is 1.88. The van der Waals surface area contributed by atoms with Gasteiger partial charge in [0.25, 0.3) is 0 Å². The average molecular weight is 202 g/mol. The van der Waals surface area contributed by atoms with E-state index in [2.05, 4.69) is 0 Å². The normalized spacial score (nSPS) is 18.9. The van der Waals surface area contributed by atoms with Crippen molar-refractivity contribution >= 4 is 6.09 Å². The summed E-state index contributed by atoms with van der Waals surface area (Å²) in [5.74, 6) is 0. The van der Waals surface area contributed by atoms with Gasteiger partial charge in [0.15, 0.2) is 0 Å². The summed E-state index contributed by atoms with van der Waals surface area (Å²) >= 11 is 0. The van der Waals surface area contributed by atoms with Crippen LogP contribution in [0.3, 0.4) is 0 Å². The van der Waals surface area contributed by atoms with Crippen LogP contribution in [0, 0.1) is 0 Å². The van der Waals surface area contributed by atoms with Gasteiger partial charge < -0.3 is 14.8 Å². The van der Waals surface area contributed by atoms with Crippen LogP contribution in [0.1, 0.15) is 19.8 Å². The van der Waals surface area contributed by atoms with Crippen LogP contribution in [0.25, 0.3) is 0 Å². The lowest BCUT2D eigenvalue weighted by Gasteiger charge is -2.35. The molecule has 0 aromatic carbocycles. The second-order valence-corrected chi connectivity index (χ2v) is 3.42. The molecule has 0 atom stereocenters. The minimum Gasteiger partial charge on any atom is -0.465 e. The van der Waals surface area contributed by atoms with Crippen molar-refractivity contribution in [2.45, 2.75) is 25.8 Å². The predicted octanol–water partition coefficient (Wildman–Crippen LogP) is 1.01. The summed E-state index contributed by atoms with van der Waals surface area (Å²) in [4.78, 5) is 17.3. The van der Waals surface area contributed by atoms with Crippen LogP contribution in [-0.2, 0) is 4.84 Å². The predicted molar refractivity (Wildman–Crippen MR) is 52.0 cm³/mol. The molecule has 1 rings (SSSR count). The molecular weight excluding hydrogens is 184 g/mol. The maximum absolute atomic E-state index is 10.7. The highest BCUT2D eigenvalue weighted by atomic mass is 16.7. The van der Waals surface area contributed by atoms with E-state index in [1.807, 2.05) is 12.0 Å². The Morgan fingerprint density at radius 2 is 2.14 bits per heavy atom. The number of likely N-dealkylation sites (tertiary alicyclic amines) is 1. The molecular formula is C9H18N2O3. The minimum atomic E-state index is -0.816. The molecule has 0 aromatic heterocycles. The van der Waals surface area contributed by atoms with E-state index in [0.29, 0.717) is 19.1 Å². The van der Waals surface area contributed by atoms with Gasteiger partial charge in [-0.3, -0.25) is 0 Å². The Bertz CT molecular complexity index is 186. The molecule has 1 aliphatic heterocycles. The molecule has 1 heterocycles. The summed E-state index contributed by atoms with van der Waals surface area (Å²) in [5, 5.41) is 10.7. The zero-order chi connectivity index (χ0) is 10.6. The number of rotatable bonds is 3. The van der Waals surface area contributed by atoms with Gasteiger partial charge in [0, 0.05) is 25.7 Å². The SMILES string of the molecule is CCN(OC)C1CCN(C(=O)O)CC1. The second kappa shape index (κ2) is 5.17. The third-order valence-corrected chi connectivity index (χ3v) is 2.69. The highest BCUT2D eigenvalue weighted by molar-refractivity contribution is 5.65. The number of amides is 1. The summed E-state index contributed by atoms with van der Waals surface area (Å²) < 4.78 is 0. The van der Waals surface area contributed by atoms with E-state index in [0.717, 1.165) is 19.4 Å². The fraction of sp³-hybridized carbons (Fsp3) is 0.889. The van der Waals surface area contributed by atoms with Crippen LogP contribution >= 0.6 is 0 Å². The molecule has 0 spiro atoms. The minimum absolute atomic E-state index is 0.362. The number of carboxylic acid groups (broad SMARTS) is 1. The van der Waals surface area contributed by atoms with E-state index >= 15 is 0 Å². The van der Waals surface area contributed by atoms with Crippen molar-refractivity contribution in [2.24, 2.45) is 0 Å². The molecule has 0 radical (unpaired) electrons. The van der Waals surface area contributed by atoms with Gasteiger partial charge >= 0.3 is 6.09 Å². The second-order valence-electron chi connectivity index (χ2n) is 3.42. The van der Waals surface area contributed by atoms with E-state index in [-0.39, 0.29) is 0 Å². The first kappa shape index (κ1) is 11.3. The van der Waals surface area contributed by atoms with Gasteiger partial charge in [-0.1, -0.05) is 6.92 Å². The summed E-state index contributed by atoms with van der Waals surface area (Å²) in [5.41, 5.74) is 0. The van der Waals surface area contributed by atoms with Gasteiger partial charge in [0.05, 0.1) is 7.11 Å². The van der Waals surface area contributed by atoms with Crippen LogP contribution in [0.4, 0.5) is 4.79 Å². The van der Waals surface area contributed by atoms with Crippen molar-refractivity contribution in [3.63, 3.8) is 0 Å². The summed E-state index contributed by atoms with van der Waals surface area (Å²) in [7, 11) is 1.66. The van der Waals surface area contributed by atoms with E-state index < -0.39 is 6.09 Å². The van der Waals surface area contributed by atoms with Gasteiger partial charge in [0.1, 0.15) is 0 Å². The van der Waals surface area contributed by atoms with Gasteiger partial charge in [-0.15, -0.1) is 0 Å². The number of hydrogen-bond donors (Lipinski definition) is 1. The maximum atomic E-state index is 10.7. The number of hydrogen-bond acceptors (Lipinski definition) is 3. The highest BCUT2D eigenvalue weighted by Gasteiger charge is 2.25. The van der Waals surface area contributed by atoms with Crippen molar-refractivity contribution in [3.05, 3.63) is 0 Å². The summed E-state index contributed by atoms with van der Waals surface area (Å²) in [6.45, 7) is 4.10. The Labute approximate surface area is 84.2 Å². The van der Waals surface area contributed by atoms with Crippen LogP contribution in [-0.4, -0.2) is 53.9 Å². The lowest BCUT2D eigenvalue weighted by Crippen LogP contribution is -2.45. The Kier molecular flexibility index (Phi) is 4.16. The largest absolute Gasteiger partial charge is 0.465 e. The molecule has 82 valence electrons. The van der Waals surface area contributed by atoms with Gasteiger partial charge in [-0.2, -0.15) is 5.06 Å². The maximum Gasteiger partial charge on any atom is 0.407 e. The van der Waals surface area contributed by atoms with Crippen molar-refractivity contribution in [1.82, 2.24) is 9.96 Å². The van der Waals surface area contributed by atoms with Gasteiger partial charge in [0.2, 0.25) is 0 Å². The van der Waals surface area contributed by atoms with Crippen LogP contribution in [0.5, 0.6) is 0 Å². The smallest absolute Gasteiger partial charge is 0.407 e. The number of piperidine rings is 1. The monoisotopic (exact) mass is 202 g/mol. The Morgan fingerprint density at radius 3 is 2.50 bits per heavy atom. The highest BCUT2D eigenvalue weighted by Crippen LogP contribution is 2.16. The first-order valence-corrected chi connectivity index (χ1v) is 4.97. The molecule has 1 aliphatic rings. The zero-order valence-electron chi connectivity index (χ0n) is 8.77. The Hall–Kier alpha value is -0.810. The first-order valence-electron chi connectivity index (χ1n) is 4.97. The molecule has 1 amide bonds. The third-order valence-electron chi connectivity index (χ3n) is 2.69. The molecule has 0 saturated carbocycles. The number of nitrogens with zero attached hydrogens (tertiary/aromatic N) is 2. The summed E-state index contributed by atoms with van der Waals surface area (Å²) in [6, 6.07) is 0.362. The van der Waals surface area contributed by atoms with E-state index in [9.17, 15) is 4.79 Å². The zero-order valence-corrected chi connectivity index (χ0v) is 8.77. The van der Waals surface area contributed by atoms with Crippen LogP contribution < -0.4 is 0 Å². The van der Waals surface area contributed by atoms with Crippen molar-refractivity contribution in [2.75, 3.05) is 26.7 Å². The first-order chi connectivity index (χ1) is 6.69. The number of hydroxylamine groups is 2. The van der Waals surface area contributed by atoms with E-state index in [4.69, 9.17) is 9.94 Å². The molecule has 14 heavy (non-hydrogen) atoms. The molecule has 0 aliphatic carbocycles. The molecule has 0 aromatic rings. The van der Waals surface area contributed by atoms with Crippen LogP contribution in [0.2, 0.25) is 0 Å². The van der Waals surface area contributed by atoms with Gasteiger partial charge in [-0.05, 0) is 12.8 Å². The average Bonchev–Trinajstić information content (AvgIpc) is 2.20. The van der Waals surface area contributed by atoms with Crippen LogP contribution in [0.15, 0.2) is 0 Å².